The predicted octanol–water partition coefficient (Wildman–Crippen LogP) is 0.622. The molecule has 6 heterocycles. The largest absolute Gasteiger partial charge is 0.373 e. The van der Waals surface area contributed by atoms with E-state index in [9.17, 15) is 19.2 Å². The van der Waals surface area contributed by atoms with Gasteiger partial charge in [0, 0.05) is 0 Å². The summed E-state index contributed by atoms with van der Waals surface area (Å²) in [5.41, 5.74) is 0. The third-order valence-electron chi connectivity index (χ3n) is 8.99. The minimum atomic E-state index is -0.394. The Morgan fingerprint density at radius 1 is 0.500 bits per heavy atom. The summed E-state index contributed by atoms with van der Waals surface area (Å²) >= 11 is 0. The topological polar surface area (TPSA) is 93.2 Å². The Kier molecular flexibility index (Phi) is 3.51. The van der Waals surface area contributed by atoms with Crippen LogP contribution in [0.15, 0.2) is 0 Å². The number of rotatable bonds is 2. The van der Waals surface area contributed by atoms with Gasteiger partial charge in [-0.25, -0.2) is 0 Å². The van der Waals surface area contributed by atoms with Crippen LogP contribution in [0.4, 0.5) is 0 Å². The Balaban J connectivity index is 1.22. The average Bonchev–Trinajstić information content (AvgIpc) is 3.56. The highest BCUT2D eigenvalue weighted by molar-refractivity contribution is 6.08. The Morgan fingerprint density at radius 2 is 0.800 bits per heavy atom. The van der Waals surface area contributed by atoms with Crippen molar-refractivity contribution in [3.63, 3.8) is 0 Å². The van der Waals surface area contributed by atoms with Crippen LogP contribution in [0.3, 0.4) is 0 Å². The highest BCUT2D eigenvalue weighted by atomic mass is 16.5. The van der Waals surface area contributed by atoms with E-state index < -0.39 is 12.1 Å². The van der Waals surface area contributed by atoms with Crippen molar-refractivity contribution in [3.05, 3.63) is 0 Å². The lowest BCUT2D eigenvalue weighted by atomic mass is 9.81. The number of likely N-dealkylation sites (tertiary alicyclic amines) is 2. The third kappa shape index (κ3) is 2.00. The number of ether oxygens (including phenoxy) is 2. The number of carbonyl (C=O) groups is 4. The molecule has 4 amide bonds. The summed E-state index contributed by atoms with van der Waals surface area (Å²) < 4.78 is 11.7. The second kappa shape index (κ2) is 5.91. The normalized spacial score (nSPS) is 51.5. The molecule has 7 fully saturated rings. The Hall–Kier alpha value is -1.80. The zero-order valence-electron chi connectivity index (χ0n) is 16.8. The highest BCUT2D eigenvalue weighted by Gasteiger charge is 2.67. The molecule has 6 saturated heterocycles. The SMILES string of the molecule is O=C1C2C3CCC(O3)C2C(=O)N1C1CCCCC1N1C(=O)C2C3CCC(O3)C2C1=O. The van der Waals surface area contributed by atoms with Crippen LogP contribution in [0.2, 0.25) is 0 Å². The first-order valence-electron chi connectivity index (χ1n) is 11.6. The molecule has 1 saturated carbocycles. The number of imide groups is 2. The summed E-state index contributed by atoms with van der Waals surface area (Å²) in [6.07, 6.45) is 5.87. The smallest absolute Gasteiger partial charge is 0.236 e. The van der Waals surface area contributed by atoms with Crippen molar-refractivity contribution < 1.29 is 28.7 Å². The number of hydrogen-bond acceptors (Lipinski definition) is 6. The predicted molar refractivity (Wildman–Crippen MR) is 99.5 cm³/mol. The molecule has 0 spiro atoms. The van der Waals surface area contributed by atoms with E-state index in [1.54, 1.807) is 0 Å². The standard InChI is InChI=1S/C22H26N2O6/c25-19-15-11-5-6-12(29-11)16(15)20(26)23(19)9-3-1-2-4-10(9)24-21(27)17-13-7-8-14(30-13)18(17)22(24)28/h9-18H,1-8H2. The molecule has 8 heteroatoms. The van der Waals surface area contributed by atoms with Gasteiger partial charge in [0.25, 0.3) is 0 Å². The molecule has 0 N–H and O–H groups in total. The average molecular weight is 414 g/mol. The van der Waals surface area contributed by atoms with Crippen molar-refractivity contribution in [2.45, 2.75) is 87.9 Å². The van der Waals surface area contributed by atoms with Crippen LogP contribution in [0.25, 0.3) is 0 Å². The molecule has 7 aliphatic rings. The van der Waals surface area contributed by atoms with Crippen molar-refractivity contribution >= 4 is 23.6 Å². The van der Waals surface area contributed by atoms with Crippen LogP contribution < -0.4 is 0 Å². The van der Waals surface area contributed by atoms with Gasteiger partial charge in [0.1, 0.15) is 0 Å². The lowest BCUT2D eigenvalue weighted by Gasteiger charge is -2.41. The summed E-state index contributed by atoms with van der Waals surface area (Å²) in [6.45, 7) is 0. The number of amides is 4. The van der Waals surface area contributed by atoms with E-state index in [0.29, 0.717) is 12.8 Å². The van der Waals surface area contributed by atoms with Crippen LogP contribution in [0.1, 0.15) is 51.4 Å². The fourth-order valence-electron chi connectivity index (χ4n) is 7.82. The first-order chi connectivity index (χ1) is 14.6. The molecular weight excluding hydrogens is 388 g/mol. The molecular formula is C22H26N2O6. The Bertz CT molecular complexity index is 748. The third-order valence-corrected chi connectivity index (χ3v) is 8.99. The fourth-order valence-corrected chi connectivity index (χ4v) is 7.82. The quantitative estimate of drug-likeness (QED) is 0.615. The van der Waals surface area contributed by atoms with Gasteiger partial charge in [0.15, 0.2) is 0 Å². The second-order valence-corrected chi connectivity index (χ2v) is 10.2. The number of hydrogen-bond donors (Lipinski definition) is 0. The van der Waals surface area contributed by atoms with Gasteiger partial charge >= 0.3 is 0 Å². The van der Waals surface area contributed by atoms with E-state index in [0.717, 1.165) is 38.5 Å². The van der Waals surface area contributed by atoms with Gasteiger partial charge < -0.3 is 9.47 Å². The van der Waals surface area contributed by atoms with Crippen LogP contribution in [0.5, 0.6) is 0 Å². The van der Waals surface area contributed by atoms with Gasteiger partial charge in [-0.3, -0.25) is 29.0 Å². The van der Waals surface area contributed by atoms with E-state index in [1.807, 2.05) is 0 Å². The zero-order valence-corrected chi connectivity index (χ0v) is 16.8. The minimum Gasteiger partial charge on any atom is -0.373 e. The van der Waals surface area contributed by atoms with Gasteiger partial charge in [0.2, 0.25) is 23.6 Å². The molecule has 0 aromatic carbocycles. The number of carbonyl (C=O) groups excluding carboxylic acids is 4. The summed E-state index contributed by atoms with van der Waals surface area (Å²) in [6, 6.07) is -0.789. The van der Waals surface area contributed by atoms with Gasteiger partial charge in [-0.2, -0.15) is 0 Å². The molecule has 160 valence electrons. The maximum Gasteiger partial charge on any atom is 0.236 e. The van der Waals surface area contributed by atoms with Crippen molar-refractivity contribution in [2.75, 3.05) is 0 Å². The molecule has 30 heavy (non-hydrogen) atoms. The van der Waals surface area contributed by atoms with E-state index in [4.69, 9.17) is 9.47 Å². The molecule has 4 bridgehead atoms. The highest BCUT2D eigenvalue weighted by Crippen LogP contribution is 2.52. The molecule has 10 unspecified atom stereocenters. The Morgan fingerprint density at radius 3 is 1.10 bits per heavy atom. The Labute approximate surface area is 174 Å². The van der Waals surface area contributed by atoms with Gasteiger partial charge in [0.05, 0.1) is 60.2 Å². The van der Waals surface area contributed by atoms with Crippen molar-refractivity contribution in [1.82, 2.24) is 9.80 Å². The van der Waals surface area contributed by atoms with Gasteiger partial charge in [-0.15, -0.1) is 0 Å². The van der Waals surface area contributed by atoms with Gasteiger partial charge in [-0.1, -0.05) is 12.8 Å². The summed E-state index contributed by atoms with van der Waals surface area (Å²) in [7, 11) is 0. The van der Waals surface area contributed by atoms with Crippen LogP contribution in [0, 0.1) is 23.7 Å². The van der Waals surface area contributed by atoms with Crippen molar-refractivity contribution in [3.8, 4) is 0 Å². The van der Waals surface area contributed by atoms with Crippen molar-refractivity contribution in [1.29, 1.82) is 0 Å². The first kappa shape index (κ1) is 17.8. The zero-order chi connectivity index (χ0) is 20.3. The van der Waals surface area contributed by atoms with E-state index in [2.05, 4.69) is 0 Å². The summed E-state index contributed by atoms with van der Waals surface area (Å²) in [5, 5.41) is 0. The molecule has 1 aliphatic carbocycles. The van der Waals surface area contributed by atoms with E-state index in [1.165, 1.54) is 9.80 Å². The molecule has 8 nitrogen and oxygen atoms in total. The second-order valence-electron chi connectivity index (χ2n) is 10.2. The lowest BCUT2D eigenvalue weighted by Crippen LogP contribution is -2.58. The maximum absolute atomic E-state index is 13.3. The molecule has 0 aromatic heterocycles. The van der Waals surface area contributed by atoms with Crippen LogP contribution in [-0.2, 0) is 28.7 Å². The van der Waals surface area contributed by atoms with Crippen LogP contribution >= 0.6 is 0 Å². The van der Waals surface area contributed by atoms with E-state index in [-0.39, 0.29) is 71.7 Å². The summed E-state index contributed by atoms with van der Waals surface area (Å²) in [5.74, 6) is -2.04. The lowest BCUT2D eigenvalue weighted by molar-refractivity contribution is -0.156. The monoisotopic (exact) mass is 414 g/mol. The fraction of sp³-hybridized carbons (Fsp3) is 0.818. The van der Waals surface area contributed by atoms with Gasteiger partial charge in [-0.05, 0) is 38.5 Å². The molecule has 0 radical (unpaired) electrons. The number of nitrogens with zero attached hydrogens (tertiary/aromatic N) is 2. The molecule has 7 rings (SSSR count). The minimum absolute atomic E-state index is 0.142. The molecule has 10 atom stereocenters. The summed E-state index contributed by atoms with van der Waals surface area (Å²) in [4.78, 5) is 56.2. The number of fused-ring (bicyclic) bond motifs is 10. The van der Waals surface area contributed by atoms with E-state index >= 15 is 0 Å². The molecule has 6 aliphatic heterocycles. The van der Waals surface area contributed by atoms with Crippen LogP contribution in [-0.4, -0.2) is 69.9 Å². The molecule has 0 aromatic rings. The first-order valence-corrected chi connectivity index (χ1v) is 11.6. The maximum atomic E-state index is 13.3. The van der Waals surface area contributed by atoms with Crippen molar-refractivity contribution in [2.24, 2.45) is 23.7 Å².